The first kappa shape index (κ1) is 11.9. The number of carbonyl (C=O) groups is 1. The van der Waals surface area contributed by atoms with Crippen molar-refractivity contribution in [3.05, 3.63) is 17.0 Å². The van der Waals surface area contributed by atoms with Crippen LogP contribution in [0.2, 0.25) is 5.28 Å². The van der Waals surface area contributed by atoms with Gasteiger partial charge in [0.15, 0.2) is 0 Å². The number of hydrogen-bond acceptors (Lipinski definition) is 4. The minimum Gasteiger partial charge on any atom is -0.381 e. The molecule has 1 saturated heterocycles. The van der Waals surface area contributed by atoms with Gasteiger partial charge in [-0.1, -0.05) is 0 Å². The third kappa shape index (κ3) is 1.78. The Morgan fingerprint density at radius 2 is 2.17 bits per heavy atom. The van der Waals surface area contributed by atoms with Gasteiger partial charge in [-0.3, -0.25) is 9.69 Å². The number of aromatic nitrogens is 2. The molecule has 0 spiro atoms. The molecule has 0 aromatic carbocycles. The summed E-state index contributed by atoms with van der Waals surface area (Å²) in [7, 11) is 0. The predicted molar refractivity (Wildman–Crippen MR) is 66.8 cm³/mol. The lowest BCUT2D eigenvalue weighted by molar-refractivity contribution is -0.119. The maximum atomic E-state index is 12.3. The fourth-order valence-corrected chi connectivity index (χ4v) is 2.73. The van der Waals surface area contributed by atoms with E-state index in [-0.39, 0.29) is 23.2 Å². The molecule has 3 heterocycles. The van der Waals surface area contributed by atoms with Crippen LogP contribution in [-0.4, -0.2) is 35.1 Å². The molecule has 0 bridgehead atoms. The van der Waals surface area contributed by atoms with Gasteiger partial charge >= 0.3 is 0 Å². The van der Waals surface area contributed by atoms with E-state index in [0.29, 0.717) is 19.0 Å². The van der Waals surface area contributed by atoms with E-state index in [1.165, 1.54) is 0 Å². The van der Waals surface area contributed by atoms with E-state index in [0.717, 1.165) is 18.4 Å². The second-order valence-electron chi connectivity index (χ2n) is 4.69. The smallest absolute Gasteiger partial charge is 0.235 e. The molecule has 0 radical (unpaired) electrons. The van der Waals surface area contributed by atoms with Crippen molar-refractivity contribution in [1.29, 1.82) is 0 Å². The molecule has 1 amide bonds. The van der Waals surface area contributed by atoms with Crippen molar-refractivity contribution < 1.29 is 9.53 Å². The third-order valence-corrected chi connectivity index (χ3v) is 3.81. The molecule has 1 atom stereocenters. The lowest BCUT2D eigenvalue weighted by Gasteiger charge is -2.31. The maximum absolute atomic E-state index is 12.3. The zero-order chi connectivity index (χ0) is 12.7. The van der Waals surface area contributed by atoms with E-state index in [1.807, 2.05) is 6.92 Å². The van der Waals surface area contributed by atoms with Crippen LogP contribution in [-0.2, 0) is 9.53 Å². The molecule has 0 N–H and O–H groups in total. The second kappa shape index (κ2) is 4.48. The van der Waals surface area contributed by atoms with Gasteiger partial charge in [0.1, 0.15) is 5.82 Å². The lowest BCUT2D eigenvalue weighted by Crippen LogP contribution is -2.42. The lowest BCUT2D eigenvalue weighted by atomic mass is 10.1. The summed E-state index contributed by atoms with van der Waals surface area (Å²) in [4.78, 5) is 22.3. The molecule has 1 fully saturated rings. The monoisotopic (exact) mass is 267 g/mol. The molecule has 2 aliphatic rings. The summed E-state index contributed by atoms with van der Waals surface area (Å²) >= 11 is 5.84. The number of anilines is 1. The van der Waals surface area contributed by atoms with Crippen molar-refractivity contribution in [1.82, 2.24) is 9.97 Å². The summed E-state index contributed by atoms with van der Waals surface area (Å²) in [5, 5.41) is 0.188. The maximum Gasteiger partial charge on any atom is 0.235 e. The second-order valence-corrected chi connectivity index (χ2v) is 5.03. The number of hydrogen-bond donors (Lipinski definition) is 0. The van der Waals surface area contributed by atoms with Crippen LogP contribution in [0.4, 0.5) is 5.82 Å². The van der Waals surface area contributed by atoms with Crippen LogP contribution in [0.5, 0.6) is 0 Å². The number of fused-ring (bicyclic) bond motifs is 1. The molecular formula is C12H14ClN3O2. The molecule has 1 aromatic heterocycles. The van der Waals surface area contributed by atoms with Crippen molar-refractivity contribution >= 4 is 23.3 Å². The Balaban J connectivity index is 2.00. The molecule has 0 aliphatic carbocycles. The minimum absolute atomic E-state index is 0.0912. The third-order valence-electron chi connectivity index (χ3n) is 3.63. The van der Waals surface area contributed by atoms with Gasteiger partial charge in [0.2, 0.25) is 11.2 Å². The van der Waals surface area contributed by atoms with Crippen LogP contribution in [0, 0.1) is 0 Å². The first-order chi connectivity index (χ1) is 8.68. The Kier molecular flexibility index (Phi) is 2.95. The molecule has 96 valence electrons. The zero-order valence-corrected chi connectivity index (χ0v) is 10.9. The van der Waals surface area contributed by atoms with Gasteiger partial charge in [-0.25, -0.2) is 4.98 Å². The van der Waals surface area contributed by atoms with Gasteiger partial charge in [0.05, 0.1) is 5.92 Å². The number of rotatable bonds is 1. The number of ether oxygens (including phenoxy) is 1. The van der Waals surface area contributed by atoms with Crippen LogP contribution in [0.25, 0.3) is 0 Å². The fourth-order valence-electron chi connectivity index (χ4n) is 2.60. The molecule has 2 aliphatic heterocycles. The van der Waals surface area contributed by atoms with Gasteiger partial charge in [-0.15, -0.1) is 0 Å². The molecule has 0 saturated carbocycles. The normalized spacial score (nSPS) is 24.4. The number of nitrogens with zero attached hydrogens (tertiary/aromatic N) is 3. The molecule has 5 nitrogen and oxygen atoms in total. The summed E-state index contributed by atoms with van der Waals surface area (Å²) in [6.45, 7) is 3.27. The standard InChI is InChI=1S/C12H14ClN3O2/c1-7-9-6-14-12(13)15-10(9)16(11(7)17)8-2-4-18-5-3-8/h6-8H,2-5H2,1H3. The van der Waals surface area contributed by atoms with E-state index in [9.17, 15) is 4.79 Å². The predicted octanol–water partition coefficient (Wildman–Crippen LogP) is 1.76. The SMILES string of the molecule is CC1C(=O)N(C2CCOCC2)c2nc(Cl)ncc21. The highest BCUT2D eigenvalue weighted by atomic mass is 35.5. The first-order valence-corrected chi connectivity index (χ1v) is 6.49. The van der Waals surface area contributed by atoms with Crippen molar-refractivity contribution in [2.45, 2.75) is 31.7 Å². The summed E-state index contributed by atoms with van der Waals surface area (Å²) < 4.78 is 5.34. The topological polar surface area (TPSA) is 55.3 Å². The summed E-state index contributed by atoms with van der Waals surface area (Å²) in [5.41, 5.74) is 0.871. The average molecular weight is 268 g/mol. The van der Waals surface area contributed by atoms with Crippen molar-refractivity contribution in [3.8, 4) is 0 Å². The highest BCUT2D eigenvalue weighted by Gasteiger charge is 2.40. The highest BCUT2D eigenvalue weighted by molar-refractivity contribution is 6.28. The number of amides is 1. The van der Waals surface area contributed by atoms with Gasteiger partial charge in [0, 0.05) is 31.0 Å². The van der Waals surface area contributed by atoms with Crippen LogP contribution >= 0.6 is 11.6 Å². The Labute approximate surface area is 110 Å². The zero-order valence-electron chi connectivity index (χ0n) is 10.1. The number of carbonyl (C=O) groups excluding carboxylic acids is 1. The summed E-state index contributed by atoms with van der Waals surface area (Å²) in [6, 6.07) is 0.168. The Morgan fingerprint density at radius 3 is 2.89 bits per heavy atom. The summed E-state index contributed by atoms with van der Waals surface area (Å²) in [6.07, 6.45) is 3.35. The molecule has 1 unspecified atom stereocenters. The van der Waals surface area contributed by atoms with Gasteiger partial charge in [-0.05, 0) is 31.4 Å². The van der Waals surface area contributed by atoms with Crippen molar-refractivity contribution in [2.24, 2.45) is 0 Å². The first-order valence-electron chi connectivity index (χ1n) is 6.11. The Bertz CT molecular complexity index is 488. The number of halogens is 1. The quantitative estimate of drug-likeness (QED) is 0.728. The molecule has 3 rings (SSSR count). The fraction of sp³-hybridized carbons (Fsp3) is 0.583. The van der Waals surface area contributed by atoms with E-state index in [4.69, 9.17) is 16.3 Å². The van der Waals surface area contributed by atoms with Crippen LogP contribution in [0.3, 0.4) is 0 Å². The van der Waals surface area contributed by atoms with Crippen molar-refractivity contribution in [2.75, 3.05) is 18.1 Å². The highest BCUT2D eigenvalue weighted by Crippen LogP contribution is 2.38. The molecule has 18 heavy (non-hydrogen) atoms. The van der Waals surface area contributed by atoms with Crippen LogP contribution in [0.1, 0.15) is 31.2 Å². The summed E-state index contributed by atoms with van der Waals surface area (Å²) in [5.74, 6) is 0.591. The molecule has 6 heteroatoms. The van der Waals surface area contributed by atoms with Gasteiger partial charge in [-0.2, -0.15) is 4.98 Å². The van der Waals surface area contributed by atoms with Gasteiger partial charge in [0.25, 0.3) is 0 Å². The van der Waals surface area contributed by atoms with E-state index >= 15 is 0 Å². The van der Waals surface area contributed by atoms with Crippen LogP contribution in [0.15, 0.2) is 6.20 Å². The molecular weight excluding hydrogens is 254 g/mol. The Hall–Kier alpha value is -1.20. The van der Waals surface area contributed by atoms with Crippen molar-refractivity contribution in [3.63, 3.8) is 0 Å². The van der Waals surface area contributed by atoms with E-state index in [2.05, 4.69) is 9.97 Å². The minimum atomic E-state index is -0.180. The molecule has 1 aromatic rings. The largest absolute Gasteiger partial charge is 0.381 e. The van der Waals surface area contributed by atoms with Crippen LogP contribution < -0.4 is 4.90 Å². The van der Waals surface area contributed by atoms with E-state index in [1.54, 1.807) is 11.1 Å². The van der Waals surface area contributed by atoms with E-state index < -0.39 is 0 Å². The van der Waals surface area contributed by atoms with Gasteiger partial charge < -0.3 is 4.74 Å². The Morgan fingerprint density at radius 1 is 1.44 bits per heavy atom. The average Bonchev–Trinajstić information content (AvgIpc) is 2.63.